The molecule has 0 aliphatic carbocycles. The van der Waals surface area contributed by atoms with Gasteiger partial charge in [-0.2, -0.15) is 0 Å². The molecule has 0 bridgehead atoms. The van der Waals surface area contributed by atoms with Gasteiger partial charge in [0.05, 0.1) is 19.8 Å². The van der Waals surface area contributed by atoms with Crippen LogP contribution in [0.2, 0.25) is 0 Å². The van der Waals surface area contributed by atoms with Crippen LogP contribution in [-0.4, -0.2) is 44.2 Å². The molecule has 2 aromatic rings. The zero-order valence-electron chi connectivity index (χ0n) is 19.2. The lowest BCUT2D eigenvalue weighted by Crippen LogP contribution is -2.40. The van der Waals surface area contributed by atoms with Crippen molar-refractivity contribution in [1.29, 1.82) is 0 Å². The molecule has 3 aliphatic heterocycles. The minimum Gasteiger partial charge on any atom is -0.493 e. The molecule has 170 valence electrons. The van der Waals surface area contributed by atoms with Gasteiger partial charge in [0, 0.05) is 30.1 Å². The van der Waals surface area contributed by atoms with Crippen LogP contribution in [0.25, 0.3) is 6.08 Å². The van der Waals surface area contributed by atoms with Gasteiger partial charge in [-0.15, -0.1) is 0 Å². The summed E-state index contributed by atoms with van der Waals surface area (Å²) in [5.74, 6) is 3.85. The molecule has 2 aromatic carbocycles. The first-order valence-electron chi connectivity index (χ1n) is 11.1. The monoisotopic (exact) mass is 438 g/mol. The van der Waals surface area contributed by atoms with Crippen LogP contribution in [0.4, 0.5) is 0 Å². The largest absolute Gasteiger partial charge is 0.493 e. The third kappa shape index (κ3) is 3.28. The van der Waals surface area contributed by atoms with Crippen LogP contribution < -0.4 is 23.7 Å². The Balaban J connectivity index is 1.63. The number of methoxy groups -OCH3 is 2. The topological polar surface area (TPSA) is 66.4 Å². The standard InChI is InChI=1S/C26H30O6/c1-14(12-27)16-9-21-15(6-7-26(2,3)32-21)25-19(16)8-17-18-10-22(28-4)23(29-5)11-20(18)30-13-24(17)31-25/h6-7,9-11,14,17,24,27H,8,12-13H2,1-5H3/t14?,17?,24-/m1/s1. The first-order chi connectivity index (χ1) is 15.3. The van der Waals surface area contributed by atoms with E-state index < -0.39 is 0 Å². The molecule has 3 heterocycles. The molecule has 3 atom stereocenters. The number of ether oxygens (including phenoxy) is 5. The minimum atomic E-state index is -0.388. The molecule has 2 unspecified atom stereocenters. The number of aliphatic hydroxyl groups excluding tert-OH is 1. The maximum absolute atomic E-state index is 9.97. The summed E-state index contributed by atoms with van der Waals surface area (Å²) in [5.41, 5.74) is 3.82. The maximum Gasteiger partial charge on any atom is 0.164 e. The lowest BCUT2D eigenvalue weighted by molar-refractivity contribution is 0.0711. The van der Waals surface area contributed by atoms with E-state index in [0.29, 0.717) is 18.1 Å². The van der Waals surface area contributed by atoms with Gasteiger partial charge >= 0.3 is 0 Å². The Morgan fingerprint density at radius 2 is 1.88 bits per heavy atom. The van der Waals surface area contributed by atoms with Gasteiger partial charge in [-0.05, 0) is 55.7 Å². The van der Waals surface area contributed by atoms with Crippen molar-refractivity contribution < 1.29 is 28.8 Å². The zero-order chi connectivity index (χ0) is 22.6. The summed E-state index contributed by atoms with van der Waals surface area (Å²) in [7, 11) is 3.26. The van der Waals surface area contributed by atoms with E-state index in [1.807, 2.05) is 32.9 Å². The summed E-state index contributed by atoms with van der Waals surface area (Å²) in [4.78, 5) is 0. The third-order valence-electron chi connectivity index (χ3n) is 6.71. The van der Waals surface area contributed by atoms with Crippen LogP contribution in [0, 0.1) is 0 Å². The quantitative estimate of drug-likeness (QED) is 0.760. The normalized spacial score (nSPS) is 22.7. The number of aliphatic hydroxyl groups is 1. The van der Waals surface area contributed by atoms with E-state index in [1.165, 1.54) is 0 Å². The van der Waals surface area contributed by atoms with Crippen molar-refractivity contribution in [3.63, 3.8) is 0 Å². The molecule has 0 spiro atoms. The smallest absolute Gasteiger partial charge is 0.164 e. The Kier molecular flexibility index (Phi) is 5.01. The van der Waals surface area contributed by atoms with Crippen LogP contribution >= 0.6 is 0 Å². The van der Waals surface area contributed by atoms with E-state index in [0.717, 1.165) is 45.9 Å². The van der Waals surface area contributed by atoms with Crippen molar-refractivity contribution in [1.82, 2.24) is 0 Å². The molecular weight excluding hydrogens is 408 g/mol. The number of fused-ring (bicyclic) bond motifs is 6. The zero-order valence-corrected chi connectivity index (χ0v) is 19.2. The second kappa shape index (κ2) is 7.62. The molecule has 0 amide bonds. The van der Waals surface area contributed by atoms with Gasteiger partial charge in [-0.3, -0.25) is 0 Å². The Morgan fingerprint density at radius 3 is 2.59 bits per heavy atom. The second-order valence-corrected chi connectivity index (χ2v) is 9.33. The first-order valence-corrected chi connectivity index (χ1v) is 11.1. The van der Waals surface area contributed by atoms with E-state index in [-0.39, 0.29) is 30.1 Å². The summed E-state index contributed by atoms with van der Waals surface area (Å²) in [5, 5.41) is 9.97. The SMILES string of the molecule is COc1cc2c(cc1OC)C1Cc3c(C(C)CO)cc4c(c3O[C@@H]1CO2)C=CC(C)(C)O4. The Morgan fingerprint density at radius 1 is 1.12 bits per heavy atom. The van der Waals surface area contributed by atoms with Crippen molar-refractivity contribution in [3.8, 4) is 28.7 Å². The predicted molar refractivity (Wildman–Crippen MR) is 122 cm³/mol. The van der Waals surface area contributed by atoms with E-state index in [1.54, 1.807) is 14.2 Å². The fourth-order valence-electron chi connectivity index (χ4n) is 4.95. The average molecular weight is 439 g/mol. The minimum absolute atomic E-state index is 0.0310. The third-order valence-corrected chi connectivity index (χ3v) is 6.71. The first kappa shape index (κ1) is 21.0. The highest BCUT2D eigenvalue weighted by molar-refractivity contribution is 5.72. The second-order valence-electron chi connectivity index (χ2n) is 9.33. The Labute approximate surface area is 188 Å². The van der Waals surface area contributed by atoms with Crippen molar-refractivity contribution >= 4 is 6.08 Å². The summed E-state index contributed by atoms with van der Waals surface area (Å²) < 4.78 is 29.9. The number of benzene rings is 2. The van der Waals surface area contributed by atoms with Gasteiger partial charge in [0.1, 0.15) is 35.6 Å². The molecule has 0 saturated heterocycles. The predicted octanol–water partition coefficient (Wildman–Crippen LogP) is 4.46. The lowest BCUT2D eigenvalue weighted by Gasteiger charge is -2.41. The van der Waals surface area contributed by atoms with E-state index >= 15 is 0 Å². The fourth-order valence-corrected chi connectivity index (χ4v) is 4.95. The van der Waals surface area contributed by atoms with Crippen molar-refractivity contribution in [2.75, 3.05) is 27.4 Å². The number of hydrogen-bond acceptors (Lipinski definition) is 6. The Hall–Kier alpha value is -2.86. The van der Waals surface area contributed by atoms with Crippen LogP contribution in [0.15, 0.2) is 24.3 Å². The molecule has 6 nitrogen and oxygen atoms in total. The molecule has 0 saturated carbocycles. The van der Waals surface area contributed by atoms with Crippen molar-refractivity contribution in [3.05, 3.63) is 46.5 Å². The number of hydrogen-bond donors (Lipinski definition) is 1. The van der Waals surface area contributed by atoms with Crippen LogP contribution in [0.3, 0.4) is 0 Å². The molecule has 0 radical (unpaired) electrons. The summed E-state index contributed by atoms with van der Waals surface area (Å²) in [6.07, 6.45) is 4.82. The average Bonchev–Trinajstić information content (AvgIpc) is 2.79. The summed E-state index contributed by atoms with van der Waals surface area (Å²) in [6, 6.07) is 5.97. The van der Waals surface area contributed by atoms with Crippen LogP contribution in [-0.2, 0) is 6.42 Å². The van der Waals surface area contributed by atoms with E-state index in [4.69, 9.17) is 23.7 Å². The molecular formula is C26H30O6. The summed E-state index contributed by atoms with van der Waals surface area (Å²) in [6.45, 7) is 6.61. The Bertz CT molecular complexity index is 1090. The highest BCUT2D eigenvalue weighted by atomic mass is 16.5. The van der Waals surface area contributed by atoms with E-state index in [2.05, 4.69) is 18.2 Å². The molecule has 6 heteroatoms. The van der Waals surface area contributed by atoms with Crippen LogP contribution in [0.1, 0.15) is 54.9 Å². The lowest BCUT2D eigenvalue weighted by atomic mass is 9.79. The highest BCUT2D eigenvalue weighted by Gasteiger charge is 2.41. The molecule has 0 aromatic heterocycles. The molecule has 5 rings (SSSR count). The molecule has 1 N–H and O–H groups in total. The fraction of sp³-hybridized carbons (Fsp3) is 0.462. The number of rotatable bonds is 4. The van der Waals surface area contributed by atoms with Crippen molar-refractivity contribution in [2.24, 2.45) is 0 Å². The van der Waals surface area contributed by atoms with Crippen molar-refractivity contribution in [2.45, 2.75) is 50.7 Å². The molecule has 3 aliphatic rings. The highest BCUT2D eigenvalue weighted by Crippen LogP contribution is 2.51. The molecule has 0 fully saturated rings. The van der Waals surface area contributed by atoms with Gasteiger partial charge in [-0.25, -0.2) is 0 Å². The van der Waals surface area contributed by atoms with Gasteiger partial charge in [0.15, 0.2) is 11.5 Å². The van der Waals surface area contributed by atoms with Gasteiger partial charge in [0.2, 0.25) is 0 Å². The molecule has 32 heavy (non-hydrogen) atoms. The van der Waals surface area contributed by atoms with Gasteiger partial charge < -0.3 is 28.8 Å². The maximum atomic E-state index is 9.97. The van der Waals surface area contributed by atoms with Gasteiger partial charge in [-0.1, -0.05) is 6.92 Å². The summed E-state index contributed by atoms with van der Waals surface area (Å²) >= 11 is 0. The van der Waals surface area contributed by atoms with Gasteiger partial charge in [0.25, 0.3) is 0 Å². The van der Waals surface area contributed by atoms with Crippen LogP contribution in [0.5, 0.6) is 28.7 Å². The van der Waals surface area contributed by atoms with E-state index in [9.17, 15) is 5.11 Å².